The van der Waals surface area contributed by atoms with Gasteiger partial charge in [0.1, 0.15) is 11.4 Å². The van der Waals surface area contributed by atoms with Crippen molar-refractivity contribution in [3.8, 4) is 6.07 Å². The number of nitrogen functional groups attached to an aromatic ring is 1. The Balaban J connectivity index is 0.00000324. The van der Waals surface area contributed by atoms with Crippen molar-refractivity contribution in [2.24, 2.45) is 0 Å². The summed E-state index contributed by atoms with van der Waals surface area (Å²) in [5, 5.41) is 16.3. The summed E-state index contributed by atoms with van der Waals surface area (Å²) in [6, 6.07) is 14.9. The molecule has 0 radical (unpaired) electrons. The molecule has 1 aromatic heterocycles. The van der Waals surface area contributed by atoms with Gasteiger partial charge in [0.15, 0.2) is 0 Å². The molecular formula is C24H28ClN7O2. The zero-order valence-corrected chi connectivity index (χ0v) is 20.1. The summed E-state index contributed by atoms with van der Waals surface area (Å²) in [6.07, 6.45) is 0.361. The van der Waals surface area contributed by atoms with Gasteiger partial charge in [0, 0.05) is 29.9 Å². The summed E-state index contributed by atoms with van der Waals surface area (Å²) < 4.78 is 5.39. The molecule has 178 valence electrons. The third kappa shape index (κ3) is 5.97. The molecule has 2 aromatic carbocycles. The maximum atomic E-state index is 12.2. The van der Waals surface area contributed by atoms with E-state index in [0.29, 0.717) is 29.4 Å². The quantitative estimate of drug-likeness (QED) is 0.469. The van der Waals surface area contributed by atoms with E-state index in [1.54, 1.807) is 18.2 Å². The molecule has 1 aliphatic rings. The van der Waals surface area contributed by atoms with Crippen LogP contribution >= 0.6 is 12.4 Å². The summed E-state index contributed by atoms with van der Waals surface area (Å²) in [5.74, 6) is 1.18. The lowest BCUT2D eigenvalue weighted by Gasteiger charge is -2.23. The van der Waals surface area contributed by atoms with Crippen LogP contribution in [0.2, 0.25) is 0 Å². The molecule has 0 saturated carbocycles. The fourth-order valence-corrected chi connectivity index (χ4v) is 3.82. The monoisotopic (exact) mass is 481 g/mol. The van der Waals surface area contributed by atoms with Crippen LogP contribution in [0.5, 0.6) is 0 Å². The first-order valence-corrected chi connectivity index (χ1v) is 10.8. The summed E-state index contributed by atoms with van der Waals surface area (Å²) >= 11 is 0. The second-order valence-corrected chi connectivity index (χ2v) is 9.05. The molecule has 1 aliphatic heterocycles. The molecule has 2 heterocycles. The lowest BCUT2D eigenvalue weighted by atomic mass is 10.2. The van der Waals surface area contributed by atoms with E-state index in [9.17, 15) is 10.1 Å². The van der Waals surface area contributed by atoms with Crippen LogP contribution in [0.1, 0.15) is 32.8 Å². The molecule has 1 saturated heterocycles. The molecule has 0 spiro atoms. The molecule has 0 bridgehead atoms. The van der Waals surface area contributed by atoms with Gasteiger partial charge in [-0.2, -0.15) is 10.2 Å². The number of amides is 1. The van der Waals surface area contributed by atoms with E-state index in [-0.39, 0.29) is 18.4 Å². The van der Waals surface area contributed by atoms with Crippen LogP contribution in [0.4, 0.5) is 27.9 Å². The van der Waals surface area contributed by atoms with Crippen molar-refractivity contribution in [2.75, 3.05) is 29.0 Å². The fourth-order valence-electron chi connectivity index (χ4n) is 3.82. The van der Waals surface area contributed by atoms with Gasteiger partial charge in [-0.05, 0) is 57.5 Å². The third-order valence-electron chi connectivity index (χ3n) is 5.13. The largest absolute Gasteiger partial charge is 0.444 e. The Morgan fingerprint density at radius 3 is 2.74 bits per heavy atom. The van der Waals surface area contributed by atoms with E-state index in [4.69, 9.17) is 15.5 Å². The van der Waals surface area contributed by atoms with Gasteiger partial charge in [0.05, 0.1) is 23.2 Å². The SMILES string of the molecule is CC(C)(C)OC(=O)N[C@H]1CCN(c2nc(Nc3cc(N)cc(C#N)c3)nc3ccccc23)C1.Cl. The predicted octanol–water partition coefficient (Wildman–Crippen LogP) is 4.35. The van der Waals surface area contributed by atoms with Crippen LogP contribution in [-0.4, -0.2) is 40.8 Å². The lowest BCUT2D eigenvalue weighted by molar-refractivity contribution is 0.0509. The number of nitrogens with zero attached hydrogens (tertiary/aromatic N) is 4. The van der Waals surface area contributed by atoms with Gasteiger partial charge in [0.2, 0.25) is 5.95 Å². The molecular weight excluding hydrogens is 454 g/mol. The topological polar surface area (TPSA) is 129 Å². The number of aromatic nitrogens is 2. The first kappa shape index (κ1) is 24.9. The second kappa shape index (κ2) is 10.0. The fraction of sp³-hybridized carbons (Fsp3) is 0.333. The summed E-state index contributed by atoms with van der Waals surface area (Å²) in [4.78, 5) is 23.7. The standard InChI is InChI=1S/C24H27N7O2.ClH/c1-24(2,3)33-23(32)28-17-8-9-31(14-17)21-19-6-4-5-7-20(19)29-22(30-21)27-18-11-15(13-25)10-16(26)12-18;/h4-7,10-12,17H,8-9,14,26H2,1-3H3,(H,28,32)(H,27,29,30);1H/t17-;/m0./s1. The van der Waals surface area contributed by atoms with E-state index in [2.05, 4.69) is 26.6 Å². The highest BCUT2D eigenvalue weighted by molar-refractivity contribution is 5.91. The van der Waals surface area contributed by atoms with Gasteiger partial charge in [0.25, 0.3) is 0 Å². The highest BCUT2D eigenvalue weighted by Gasteiger charge is 2.28. The number of carbonyl (C=O) groups excluding carboxylic acids is 1. The average molecular weight is 482 g/mol. The van der Waals surface area contributed by atoms with Gasteiger partial charge < -0.3 is 26.0 Å². The van der Waals surface area contributed by atoms with Crippen molar-refractivity contribution in [1.82, 2.24) is 15.3 Å². The Morgan fingerprint density at radius 1 is 1.24 bits per heavy atom. The minimum atomic E-state index is -0.544. The van der Waals surface area contributed by atoms with E-state index >= 15 is 0 Å². The molecule has 4 rings (SSSR count). The number of para-hydroxylation sites is 1. The molecule has 9 nitrogen and oxygen atoms in total. The Hall–Kier alpha value is -3.77. The molecule has 3 aromatic rings. The molecule has 34 heavy (non-hydrogen) atoms. The summed E-state index contributed by atoms with van der Waals surface area (Å²) in [6.45, 7) is 6.87. The average Bonchev–Trinajstić information content (AvgIpc) is 3.19. The molecule has 10 heteroatoms. The molecule has 1 atom stereocenters. The number of ether oxygens (including phenoxy) is 1. The number of halogens is 1. The Labute approximate surface area is 204 Å². The number of alkyl carbamates (subject to hydrolysis) is 1. The number of hydrogen-bond acceptors (Lipinski definition) is 8. The first-order valence-electron chi connectivity index (χ1n) is 10.8. The zero-order valence-electron chi connectivity index (χ0n) is 19.3. The molecule has 4 N–H and O–H groups in total. The Kier molecular flexibility index (Phi) is 7.32. The maximum absolute atomic E-state index is 12.2. The number of nitrogens with two attached hydrogens (primary N) is 1. The van der Waals surface area contributed by atoms with E-state index in [1.165, 1.54) is 0 Å². The maximum Gasteiger partial charge on any atom is 0.407 e. The predicted molar refractivity (Wildman–Crippen MR) is 136 cm³/mol. The van der Waals surface area contributed by atoms with Gasteiger partial charge in [-0.3, -0.25) is 0 Å². The highest BCUT2D eigenvalue weighted by atomic mass is 35.5. The number of rotatable bonds is 4. The summed E-state index contributed by atoms with van der Waals surface area (Å²) in [5.41, 5.74) is 7.73. The van der Waals surface area contributed by atoms with Gasteiger partial charge >= 0.3 is 6.09 Å². The number of anilines is 4. The van der Waals surface area contributed by atoms with Gasteiger partial charge in [-0.15, -0.1) is 12.4 Å². The smallest absolute Gasteiger partial charge is 0.407 e. The number of nitrogens with one attached hydrogen (secondary N) is 2. The van der Waals surface area contributed by atoms with Crippen LogP contribution in [0.15, 0.2) is 42.5 Å². The van der Waals surface area contributed by atoms with Crippen molar-refractivity contribution >= 4 is 52.5 Å². The molecule has 1 amide bonds. The number of carbonyl (C=O) groups is 1. The van der Waals surface area contributed by atoms with Gasteiger partial charge in [-0.1, -0.05) is 12.1 Å². The first-order chi connectivity index (χ1) is 15.7. The summed E-state index contributed by atoms with van der Waals surface area (Å²) in [7, 11) is 0. The van der Waals surface area contributed by atoms with Crippen molar-refractivity contribution in [2.45, 2.75) is 38.8 Å². The second-order valence-electron chi connectivity index (χ2n) is 9.05. The van der Waals surface area contributed by atoms with E-state index in [1.807, 2.05) is 45.0 Å². The van der Waals surface area contributed by atoms with Crippen LogP contribution in [-0.2, 0) is 4.74 Å². The van der Waals surface area contributed by atoms with Crippen LogP contribution in [0.3, 0.4) is 0 Å². The number of fused-ring (bicyclic) bond motifs is 1. The molecule has 0 aliphatic carbocycles. The lowest BCUT2D eigenvalue weighted by Crippen LogP contribution is -2.40. The molecule has 0 unspecified atom stereocenters. The van der Waals surface area contributed by atoms with Crippen LogP contribution in [0.25, 0.3) is 10.9 Å². The zero-order chi connectivity index (χ0) is 23.6. The van der Waals surface area contributed by atoms with E-state index < -0.39 is 11.7 Å². The van der Waals surface area contributed by atoms with Gasteiger partial charge in [-0.25, -0.2) is 9.78 Å². The Bertz CT molecular complexity index is 1240. The highest BCUT2D eigenvalue weighted by Crippen LogP contribution is 2.29. The van der Waals surface area contributed by atoms with Crippen molar-refractivity contribution in [1.29, 1.82) is 5.26 Å². The number of benzene rings is 2. The Morgan fingerprint density at radius 2 is 2.00 bits per heavy atom. The number of hydrogen-bond donors (Lipinski definition) is 3. The van der Waals surface area contributed by atoms with Crippen molar-refractivity contribution < 1.29 is 9.53 Å². The normalized spacial score (nSPS) is 15.4. The minimum Gasteiger partial charge on any atom is -0.444 e. The molecule has 1 fully saturated rings. The van der Waals surface area contributed by atoms with E-state index in [0.717, 1.165) is 29.7 Å². The van der Waals surface area contributed by atoms with Crippen molar-refractivity contribution in [3.63, 3.8) is 0 Å². The third-order valence-corrected chi connectivity index (χ3v) is 5.13. The number of nitriles is 1. The van der Waals surface area contributed by atoms with Crippen LogP contribution in [0, 0.1) is 11.3 Å². The van der Waals surface area contributed by atoms with Crippen LogP contribution < -0.4 is 21.3 Å². The van der Waals surface area contributed by atoms with Crippen molar-refractivity contribution in [3.05, 3.63) is 48.0 Å². The minimum absolute atomic E-state index is 0.